The maximum Gasteiger partial charge on any atom is 0.329 e. The van der Waals surface area contributed by atoms with E-state index >= 15 is 0 Å². The largest absolute Gasteiger partial charge is 0.329 e. The second kappa shape index (κ2) is 2.37. The van der Waals surface area contributed by atoms with E-state index in [-0.39, 0.29) is 11.6 Å². The molecule has 0 fully saturated rings. The lowest BCUT2D eigenvalue weighted by Gasteiger charge is -2.30. The van der Waals surface area contributed by atoms with Crippen LogP contribution in [0.5, 0.6) is 0 Å². The molecule has 3 heteroatoms. The lowest BCUT2D eigenvalue weighted by Crippen LogP contribution is -2.42. The van der Waals surface area contributed by atoms with Gasteiger partial charge in [0.25, 0.3) is 0 Å². The van der Waals surface area contributed by atoms with Gasteiger partial charge < -0.3 is 4.90 Å². The van der Waals surface area contributed by atoms with E-state index in [4.69, 9.17) is 0 Å². The Morgan fingerprint density at radius 1 is 1.38 bits per heavy atom. The van der Waals surface area contributed by atoms with Gasteiger partial charge in [-0.05, 0) is 32.9 Å². The Bertz CT molecular complexity index is 346. The molecule has 0 radical (unpaired) electrons. The van der Waals surface area contributed by atoms with Crippen molar-refractivity contribution in [2.75, 3.05) is 0 Å². The van der Waals surface area contributed by atoms with Crippen molar-refractivity contribution in [1.82, 2.24) is 9.47 Å². The number of aromatic nitrogens is 1. The molecule has 0 unspecified atom stereocenters. The molecule has 0 spiro atoms. The van der Waals surface area contributed by atoms with E-state index in [0.717, 1.165) is 12.2 Å². The minimum Gasteiger partial charge on any atom is -0.313 e. The Morgan fingerprint density at radius 2 is 2.08 bits per heavy atom. The van der Waals surface area contributed by atoms with Crippen molar-refractivity contribution in [3.8, 4) is 0 Å². The van der Waals surface area contributed by atoms with Crippen molar-refractivity contribution in [3.05, 3.63) is 24.0 Å². The zero-order valence-electron chi connectivity index (χ0n) is 8.24. The molecule has 0 atom stereocenters. The Morgan fingerprint density at radius 3 is 2.62 bits per heavy atom. The van der Waals surface area contributed by atoms with Crippen LogP contribution >= 0.6 is 0 Å². The van der Waals surface area contributed by atoms with Crippen LogP contribution in [0.15, 0.2) is 18.3 Å². The molecule has 0 aliphatic carbocycles. The molecule has 0 N–H and O–H groups in total. The highest BCUT2D eigenvalue weighted by Gasteiger charge is 2.33. The van der Waals surface area contributed by atoms with Crippen molar-refractivity contribution in [3.63, 3.8) is 0 Å². The van der Waals surface area contributed by atoms with E-state index in [1.807, 2.05) is 23.2 Å². The normalized spacial score (nSPS) is 16.5. The van der Waals surface area contributed by atoms with E-state index < -0.39 is 0 Å². The highest BCUT2D eigenvalue weighted by molar-refractivity contribution is 5.81. The van der Waals surface area contributed by atoms with E-state index in [1.54, 1.807) is 4.57 Å². The lowest BCUT2D eigenvalue weighted by atomic mass is 10.1. The Hall–Kier alpha value is -1.25. The summed E-state index contributed by atoms with van der Waals surface area (Å²) in [5.41, 5.74) is 0.996. The monoisotopic (exact) mass is 178 g/mol. The van der Waals surface area contributed by atoms with Crippen LogP contribution in [0.4, 0.5) is 4.79 Å². The van der Waals surface area contributed by atoms with Crippen molar-refractivity contribution < 1.29 is 4.79 Å². The van der Waals surface area contributed by atoms with Crippen molar-refractivity contribution in [1.29, 1.82) is 0 Å². The standard InChI is InChI=1S/C10H14N2O/c1-10(2,3)12-7-8-5-4-6-11(8)9(12)13/h4-6H,7H2,1-3H3. The van der Waals surface area contributed by atoms with Gasteiger partial charge in [-0.15, -0.1) is 0 Å². The van der Waals surface area contributed by atoms with Gasteiger partial charge in [-0.2, -0.15) is 0 Å². The molecule has 0 saturated heterocycles. The summed E-state index contributed by atoms with van der Waals surface area (Å²) in [4.78, 5) is 13.7. The minimum absolute atomic E-state index is 0.0872. The first kappa shape index (κ1) is 8.35. The Balaban J connectivity index is 2.35. The topological polar surface area (TPSA) is 25.2 Å². The number of nitrogens with zero attached hydrogens (tertiary/aromatic N) is 2. The molecule has 1 aromatic heterocycles. The molecule has 1 aliphatic rings. The van der Waals surface area contributed by atoms with Crippen LogP contribution in [0.3, 0.4) is 0 Å². The fraction of sp³-hybridized carbons (Fsp3) is 0.500. The van der Waals surface area contributed by atoms with Crippen molar-refractivity contribution in [2.24, 2.45) is 0 Å². The summed E-state index contributed by atoms with van der Waals surface area (Å²) >= 11 is 0. The molecule has 13 heavy (non-hydrogen) atoms. The van der Waals surface area contributed by atoms with Gasteiger partial charge in [0, 0.05) is 17.4 Å². The third-order valence-electron chi connectivity index (χ3n) is 2.40. The van der Waals surface area contributed by atoms with Gasteiger partial charge >= 0.3 is 6.03 Å². The zero-order chi connectivity index (χ0) is 9.64. The lowest BCUT2D eigenvalue weighted by molar-refractivity contribution is 0.157. The van der Waals surface area contributed by atoms with Crippen molar-refractivity contribution >= 4 is 6.03 Å². The molecule has 2 heterocycles. The molecule has 2 rings (SSSR count). The van der Waals surface area contributed by atoms with Crippen LogP contribution in [0.25, 0.3) is 0 Å². The molecule has 0 bridgehead atoms. The summed E-state index contributed by atoms with van der Waals surface area (Å²) in [5, 5.41) is 0. The molecule has 0 saturated carbocycles. The van der Waals surface area contributed by atoms with Gasteiger partial charge in [-0.3, -0.25) is 4.57 Å². The molecule has 1 amide bonds. The summed E-state index contributed by atoms with van der Waals surface area (Å²) in [7, 11) is 0. The molecule has 0 aromatic carbocycles. The van der Waals surface area contributed by atoms with Gasteiger partial charge in [-0.1, -0.05) is 0 Å². The van der Waals surface area contributed by atoms with E-state index in [9.17, 15) is 4.79 Å². The van der Waals surface area contributed by atoms with Crippen LogP contribution in [0.2, 0.25) is 0 Å². The maximum absolute atomic E-state index is 11.8. The number of amides is 1. The molecular weight excluding hydrogens is 164 g/mol. The fourth-order valence-corrected chi connectivity index (χ4v) is 1.62. The third-order valence-corrected chi connectivity index (χ3v) is 2.40. The highest BCUT2D eigenvalue weighted by Crippen LogP contribution is 2.24. The van der Waals surface area contributed by atoms with Gasteiger partial charge in [0.05, 0.1) is 6.54 Å². The van der Waals surface area contributed by atoms with Crippen molar-refractivity contribution in [2.45, 2.75) is 32.9 Å². The quantitative estimate of drug-likeness (QED) is 0.597. The molecular formula is C10H14N2O. The predicted octanol–water partition coefficient (Wildman–Crippen LogP) is 2.07. The average Bonchev–Trinajstić information content (AvgIpc) is 2.51. The first-order valence-electron chi connectivity index (χ1n) is 4.48. The summed E-state index contributed by atoms with van der Waals surface area (Å²) in [6.07, 6.45) is 1.82. The molecule has 1 aromatic rings. The number of fused-ring (bicyclic) bond motifs is 1. The first-order valence-corrected chi connectivity index (χ1v) is 4.48. The predicted molar refractivity (Wildman–Crippen MR) is 50.5 cm³/mol. The van der Waals surface area contributed by atoms with Gasteiger partial charge in [0.1, 0.15) is 0 Å². The van der Waals surface area contributed by atoms with Gasteiger partial charge in [0.2, 0.25) is 0 Å². The van der Waals surface area contributed by atoms with Crippen LogP contribution in [0, 0.1) is 0 Å². The molecule has 70 valence electrons. The highest BCUT2D eigenvalue weighted by atomic mass is 16.2. The number of carbonyl (C=O) groups is 1. The second-order valence-electron chi connectivity index (χ2n) is 4.41. The molecule has 3 nitrogen and oxygen atoms in total. The maximum atomic E-state index is 11.8. The summed E-state index contributed by atoms with van der Waals surface area (Å²) in [6.45, 7) is 6.89. The fourth-order valence-electron chi connectivity index (χ4n) is 1.62. The number of rotatable bonds is 0. The number of hydrogen-bond donors (Lipinski definition) is 0. The smallest absolute Gasteiger partial charge is 0.313 e. The number of carbonyl (C=O) groups excluding carboxylic acids is 1. The molecule has 1 aliphatic heterocycles. The average molecular weight is 178 g/mol. The van der Waals surface area contributed by atoms with Gasteiger partial charge in [-0.25, -0.2) is 4.79 Å². The van der Waals surface area contributed by atoms with Crippen LogP contribution in [0.1, 0.15) is 26.5 Å². The van der Waals surface area contributed by atoms with Crippen LogP contribution < -0.4 is 0 Å². The van der Waals surface area contributed by atoms with Gasteiger partial charge in [0.15, 0.2) is 0 Å². The summed E-state index contributed by atoms with van der Waals surface area (Å²) < 4.78 is 1.71. The third kappa shape index (κ3) is 1.15. The van der Waals surface area contributed by atoms with E-state index in [2.05, 4.69) is 20.8 Å². The SMILES string of the molecule is CC(C)(C)N1Cc2cccn2C1=O. The van der Waals surface area contributed by atoms with Crippen LogP contribution in [-0.2, 0) is 6.54 Å². The second-order valence-corrected chi connectivity index (χ2v) is 4.41. The summed E-state index contributed by atoms with van der Waals surface area (Å²) in [5.74, 6) is 0. The van der Waals surface area contributed by atoms with E-state index in [0.29, 0.717) is 0 Å². The summed E-state index contributed by atoms with van der Waals surface area (Å²) in [6, 6.07) is 3.99. The Kier molecular flexibility index (Phi) is 1.53. The van der Waals surface area contributed by atoms with E-state index in [1.165, 1.54) is 0 Å². The Labute approximate surface area is 78.0 Å². The van der Waals surface area contributed by atoms with Crippen LogP contribution in [-0.4, -0.2) is 21.0 Å². The minimum atomic E-state index is -0.0872. The first-order chi connectivity index (χ1) is 6.00. The number of hydrogen-bond acceptors (Lipinski definition) is 1. The zero-order valence-corrected chi connectivity index (χ0v) is 8.24.